The molecule has 132 valence electrons. The predicted octanol–water partition coefficient (Wildman–Crippen LogP) is 3.54. The van der Waals surface area contributed by atoms with Crippen molar-refractivity contribution in [1.29, 1.82) is 0 Å². The molecule has 0 radical (unpaired) electrons. The smallest absolute Gasteiger partial charge is 0.251 e. The lowest BCUT2D eigenvalue weighted by molar-refractivity contribution is -0.119. The molecule has 1 atom stereocenters. The van der Waals surface area contributed by atoms with E-state index in [4.69, 9.17) is 4.74 Å². The van der Waals surface area contributed by atoms with Crippen LogP contribution in [-0.4, -0.2) is 25.5 Å². The molecule has 0 aliphatic heterocycles. The van der Waals surface area contributed by atoms with Crippen LogP contribution in [0.5, 0.6) is 0 Å². The number of hydrogen-bond donors (Lipinski definition) is 2. The predicted molar refractivity (Wildman–Crippen MR) is 98.5 cm³/mol. The van der Waals surface area contributed by atoms with Crippen LogP contribution in [0.15, 0.2) is 54.6 Å². The van der Waals surface area contributed by atoms with Crippen molar-refractivity contribution in [3.63, 3.8) is 0 Å². The van der Waals surface area contributed by atoms with Gasteiger partial charge in [0.25, 0.3) is 5.91 Å². The molecule has 5 heteroatoms. The number of ether oxygens (including phenoxy) is 1. The number of methoxy groups -OCH3 is 1. The van der Waals surface area contributed by atoms with E-state index in [9.17, 15) is 9.59 Å². The number of nitrogens with one attached hydrogen (secondary N) is 2. The maximum Gasteiger partial charge on any atom is 0.251 e. The van der Waals surface area contributed by atoms with Gasteiger partial charge in [-0.15, -0.1) is 0 Å². The molecule has 25 heavy (non-hydrogen) atoms. The molecule has 0 aliphatic rings. The number of hydrogen-bond acceptors (Lipinski definition) is 3. The molecule has 2 amide bonds. The minimum absolute atomic E-state index is 0.00197. The van der Waals surface area contributed by atoms with E-state index in [0.29, 0.717) is 11.3 Å². The first-order valence-electron chi connectivity index (χ1n) is 8.38. The van der Waals surface area contributed by atoms with Gasteiger partial charge in [0, 0.05) is 18.4 Å². The van der Waals surface area contributed by atoms with Crippen LogP contribution in [0, 0.1) is 0 Å². The fourth-order valence-corrected chi connectivity index (χ4v) is 2.57. The average Bonchev–Trinajstić information content (AvgIpc) is 2.63. The largest absolute Gasteiger partial charge is 0.375 e. The van der Waals surface area contributed by atoms with E-state index >= 15 is 0 Å². The molecule has 0 bridgehead atoms. The summed E-state index contributed by atoms with van der Waals surface area (Å²) in [6.45, 7) is 2.09. The first-order chi connectivity index (χ1) is 12.1. The van der Waals surface area contributed by atoms with Gasteiger partial charge in [-0.05, 0) is 36.2 Å². The summed E-state index contributed by atoms with van der Waals surface area (Å²) in [6, 6.07) is 16.8. The summed E-state index contributed by atoms with van der Waals surface area (Å²) in [7, 11) is 1.46. The third kappa shape index (κ3) is 5.72. The lowest BCUT2D eigenvalue weighted by Crippen LogP contribution is -2.28. The normalized spacial score (nSPS) is 11.6. The van der Waals surface area contributed by atoms with Gasteiger partial charge in [-0.3, -0.25) is 9.59 Å². The van der Waals surface area contributed by atoms with Crippen LogP contribution >= 0.6 is 0 Å². The van der Waals surface area contributed by atoms with E-state index in [1.807, 2.05) is 30.3 Å². The second-order valence-electron chi connectivity index (χ2n) is 5.78. The molecule has 2 aromatic carbocycles. The summed E-state index contributed by atoms with van der Waals surface area (Å²) < 4.78 is 4.77. The molecule has 0 spiro atoms. The molecule has 0 saturated carbocycles. The number of benzene rings is 2. The minimum Gasteiger partial charge on any atom is -0.375 e. The molecule has 0 aliphatic carbocycles. The zero-order valence-electron chi connectivity index (χ0n) is 14.6. The molecule has 2 rings (SSSR count). The highest BCUT2D eigenvalue weighted by molar-refractivity contribution is 5.96. The third-order valence-electron chi connectivity index (χ3n) is 3.79. The van der Waals surface area contributed by atoms with Crippen LogP contribution in [0.3, 0.4) is 0 Å². The minimum atomic E-state index is -0.230. The van der Waals surface area contributed by atoms with Crippen molar-refractivity contribution < 1.29 is 14.3 Å². The SMILES string of the molecule is CCC[C@H](NC(=O)c1ccc(NC(=O)COC)cc1)c1ccccc1. The van der Waals surface area contributed by atoms with E-state index < -0.39 is 0 Å². The van der Waals surface area contributed by atoms with Crippen LogP contribution in [-0.2, 0) is 9.53 Å². The van der Waals surface area contributed by atoms with Crippen LogP contribution in [0.4, 0.5) is 5.69 Å². The Labute approximate surface area is 148 Å². The summed E-state index contributed by atoms with van der Waals surface area (Å²) in [4.78, 5) is 24.0. The van der Waals surface area contributed by atoms with Gasteiger partial charge in [-0.1, -0.05) is 43.7 Å². The molecule has 0 aromatic heterocycles. The fraction of sp³-hybridized carbons (Fsp3) is 0.300. The maximum absolute atomic E-state index is 12.5. The second kappa shape index (κ2) is 9.59. The lowest BCUT2D eigenvalue weighted by Gasteiger charge is -2.18. The standard InChI is InChI=1S/C20H24N2O3/c1-3-7-18(15-8-5-4-6-9-15)22-20(24)16-10-12-17(13-11-16)21-19(23)14-25-2/h4-6,8-13,18H,3,7,14H2,1-2H3,(H,21,23)(H,22,24)/t18-/m0/s1. The van der Waals surface area contributed by atoms with Gasteiger partial charge < -0.3 is 15.4 Å². The Morgan fingerprint density at radius 3 is 2.32 bits per heavy atom. The fourth-order valence-electron chi connectivity index (χ4n) is 2.57. The Morgan fingerprint density at radius 2 is 1.72 bits per heavy atom. The Bertz CT molecular complexity index is 684. The van der Waals surface area contributed by atoms with Gasteiger partial charge in [-0.2, -0.15) is 0 Å². The van der Waals surface area contributed by atoms with Crippen molar-refractivity contribution in [3.8, 4) is 0 Å². The van der Waals surface area contributed by atoms with Crippen LogP contribution in [0.25, 0.3) is 0 Å². The van der Waals surface area contributed by atoms with Crippen molar-refractivity contribution in [3.05, 3.63) is 65.7 Å². The Hall–Kier alpha value is -2.66. The molecular formula is C20H24N2O3. The third-order valence-corrected chi connectivity index (χ3v) is 3.79. The van der Waals surface area contributed by atoms with Crippen LogP contribution in [0.1, 0.15) is 41.7 Å². The van der Waals surface area contributed by atoms with Gasteiger partial charge >= 0.3 is 0 Å². The molecule has 0 heterocycles. The summed E-state index contributed by atoms with van der Waals surface area (Å²) >= 11 is 0. The van der Waals surface area contributed by atoms with Crippen molar-refractivity contribution in [2.75, 3.05) is 19.0 Å². The molecular weight excluding hydrogens is 316 g/mol. The monoisotopic (exact) mass is 340 g/mol. The number of carbonyl (C=O) groups excluding carboxylic acids is 2. The summed E-state index contributed by atoms with van der Waals surface area (Å²) in [6.07, 6.45) is 1.85. The molecule has 2 N–H and O–H groups in total. The number of anilines is 1. The Kier molecular flexibility index (Phi) is 7.16. The first-order valence-corrected chi connectivity index (χ1v) is 8.38. The van der Waals surface area contributed by atoms with Gasteiger partial charge in [0.1, 0.15) is 6.61 Å². The zero-order valence-corrected chi connectivity index (χ0v) is 14.6. The molecule has 0 saturated heterocycles. The van der Waals surface area contributed by atoms with E-state index in [-0.39, 0.29) is 24.5 Å². The van der Waals surface area contributed by atoms with Crippen molar-refractivity contribution in [2.45, 2.75) is 25.8 Å². The molecule has 0 unspecified atom stereocenters. The lowest BCUT2D eigenvalue weighted by atomic mass is 10.0. The summed E-state index contributed by atoms with van der Waals surface area (Å²) in [5, 5.41) is 5.79. The molecule has 5 nitrogen and oxygen atoms in total. The molecule has 0 fully saturated rings. The molecule has 2 aromatic rings. The Morgan fingerprint density at radius 1 is 1.04 bits per heavy atom. The topological polar surface area (TPSA) is 67.4 Å². The van der Waals surface area contributed by atoms with Crippen molar-refractivity contribution in [2.24, 2.45) is 0 Å². The van der Waals surface area contributed by atoms with Gasteiger partial charge in [0.05, 0.1) is 6.04 Å². The first kappa shape index (κ1) is 18.7. The van der Waals surface area contributed by atoms with Gasteiger partial charge in [0.15, 0.2) is 0 Å². The highest BCUT2D eigenvalue weighted by Crippen LogP contribution is 2.19. The van der Waals surface area contributed by atoms with Crippen molar-refractivity contribution in [1.82, 2.24) is 5.32 Å². The number of carbonyl (C=O) groups is 2. The van der Waals surface area contributed by atoms with Gasteiger partial charge in [-0.25, -0.2) is 0 Å². The van der Waals surface area contributed by atoms with E-state index in [1.54, 1.807) is 24.3 Å². The average molecular weight is 340 g/mol. The number of amides is 2. The summed E-state index contributed by atoms with van der Waals surface area (Å²) in [5.41, 5.74) is 2.29. The van der Waals surface area contributed by atoms with E-state index in [1.165, 1.54) is 7.11 Å². The van der Waals surface area contributed by atoms with Crippen LogP contribution in [0.2, 0.25) is 0 Å². The Balaban J connectivity index is 2.02. The van der Waals surface area contributed by atoms with Crippen LogP contribution < -0.4 is 10.6 Å². The van der Waals surface area contributed by atoms with Crippen molar-refractivity contribution >= 4 is 17.5 Å². The van der Waals surface area contributed by atoms with E-state index in [2.05, 4.69) is 17.6 Å². The van der Waals surface area contributed by atoms with Gasteiger partial charge in [0.2, 0.25) is 5.91 Å². The summed E-state index contributed by atoms with van der Waals surface area (Å²) in [5.74, 6) is -0.358. The zero-order chi connectivity index (χ0) is 18.1. The quantitative estimate of drug-likeness (QED) is 0.772. The maximum atomic E-state index is 12.5. The highest BCUT2D eigenvalue weighted by atomic mass is 16.5. The van der Waals surface area contributed by atoms with E-state index in [0.717, 1.165) is 18.4 Å². The number of rotatable bonds is 8. The highest BCUT2D eigenvalue weighted by Gasteiger charge is 2.15. The second-order valence-corrected chi connectivity index (χ2v) is 5.78.